The summed E-state index contributed by atoms with van der Waals surface area (Å²) < 4.78 is 12.3. The fourth-order valence-electron chi connectivity index (χ4n) is 2.30. The summed E-state index contributed by atoms with van der Waals surface area (Å²) in [5.74, 6) is -0.826. The van der Waals surface area contributed by atoms with Gasteiger partial charge >= 0.3 is 0 Å². The van der Waals surface area contributed by atoms with Gasteiger partial charge in [-0.25, -0.2) is 0 Å². The maximum absolute atomic E-state index is 6.18. The topological polar surface area (TPSA) is 30.5 Å². The van der Waals surface area contributed by atoms with Crippen LogP contribution in [0.25, 0.3) is 0 Å². The Hall–Kier alpha value is -1.20. The summed E-state index contributed by atoms with van der Waals surface area (Å²) in [5.41, 5.74) is 0.902. The molecule has 1 N–H and O–H groups in total. The lowest BCUT2D eigenvalue weighted by Gasteiger charge is -2.30. The predicted octanol–water partition coefficient (Wildman–Crippen LogP) is 3.47. The van der Waals surface area contributed by atoms with Crippen molar-refractivity contribution in [1.82, 2.24) is 5.32 Å². The van der Waals surface area contributed by atoms with Crippen molar-refractivity contribution in [1.29, 1.82) is 0 Å². The number of thiophene rings is 1. The average Bonchev–Trinajstić information content (AvgIpc) is 3.06. The molecule has 1 aliphatic heterocycles. The molecule has 3 rings (SSSR count). The zero-order chi connectivity index (χ0) is 14.1. The van der Waals surface area contributed by atoms with Crippen molar-refractivity contribution in [3.63, 3.8) is 0 Å². The molecule has 0 aliphatic carbocycles. The minimum absolute atomic E-state index is 0.235. The van der Waals surface area contributed by atoms with E-state index in [1.54, 1.807) is 11.3 Å². The Balaban J connectivity index is 1.81. The third kappa shape index (κ3) is 2.79. The van der Waals surface area contributed by atoms with Crippen molar-refractivity contribution < 1.29 is 9.47 Å². The fourth-order valence-corrected chi connectivity index (χ4v) is 3.09. The molecule has 3 nitrogen and oxygen atoms in total. The monoisotopic (exact) mass is 289 g/mol. The Morgan fingerprint density at radius 3 is 2.60 bits per heavy atom. The van der Waals surface area contributed by atoms with E-state index >= 15 is 0 Å². The standard InChI is InChI=1S/C16H19NO2S/c1-15(2)12-17-16(19-15,14-9-6-10-20-14)18-11-13-7-4-3-5-8-13/h3-10,17H,11-12H2,1-2H3. The van der Waals surface area contributed by atoms with Gasteiger partial charge in [0.2, 0.25) is 0 Å². The third-order valence-corrected chi connectivity index (χ3v) is 4.25. The van der Waals surface area contributed by atoms with Crippen LogP contribution in [0.4, 0.5) is 0 Å². The molecule has 1 aromatic heterocycles. The van der Waals surface area contributed by atoms with Crippen LogP contribution in [0.5, 0.6) is 0 Å². The Bertz CT molecular complexity index is 553. The quantitative estimate of drug-likeness (QED) is 0.935. The molecule has 1 aliphatic rings. The van der Waals surface area contributed by atoms with Gasteiger partial charge in [0.05, 0.1) is 17.1 Å². The lowest BCUT2D eigenvalue weighted by Crippen LogP contribution is -2.40. The highest BCUT2D eigenvalue weighted by molar-refractivity contribution is 7.10. The van der Waals surface area contributed by atoms with E-state index in [1.165, 1.54) is 0 Å². The normalized spacial score (nSPS) is 24.9. The van der Waals surface area contributed by atoms with E-state index in [1.807, 2.05) is 35.7 Å². The number of hydrogen-bond acceptors (Lipinski definition) is 4. The molecule has 1 unspecified atom stereocenters. The summed E-state index contributed by atoms with van der Waals surface area (Å²) in [6.45, 7) is 5.42. The molecule has 106 valence electrons. The van der Waals surface area contributed by atoms with Crippen LogP contribution >= 0.6 is 11.3 Å². The molecule has 1 atom stereocenters. The van der Waals surface area contributed by atoms with Crippen LogP contribution in [-0.4, -0.2) is 12.1 Å². The second-order valence-corrected chi connectivity index (χ2v) is 6.53. The second kappa shape index (κ2) is 5.30. The number of benzene rings is 1. The zero-order valence-corrected chi connectivity index (χ0v) is 12.6. The molecule has 4 heteroatoms. The summed E-state index contributed by atoms with van der Waals surface area (Å²) in [4.78, 5) is 1.05. The first-order valence-corrected chi connectivity index (χ1v) is 7.65. The lowest BCUT2D eigenvalue weighted by atomic mass is 10.1. The molecule has 0 amide bonds. The van der Waals surface area contributed by atoms with Gasteiger partial charge in [-0.05, 0) is 30.9 Å². The van der Waals surface area contributed by atoms with E-state index in [9.17, 15) is 0 Å². The predicted molar refractivity (Wildman–Crippen MR) is 80.4 cm³/mol. The van der Waals surface area contributed by atoms with Gasteiger partial charge in [-0.3, -0.25) is 5.32 Å². The summed E-state index contributed by atoms with van der Waals surface area (Å²) in [5, 5.41) is 5.44. The summed E-state index contributed by atoms with van der Waals surface area (Å²) in [6, 6.07) is 14.2. The van der Waals surface area contributed by atoms with Crippen LogP contribution in [0.2, 0.25) is 0 Å². The summed E-state index contributed by atoms with van der Waals surface area (Å²) >= 11 is 1.64. The van der Waals surface area contributed by atoms with E-state index in [2.05, 4.69) is 31.3 Å². The minimum Gasteiger partial charge on any atom is -0.328 e. The number of ether oxygens (including phenoxy) is 2. The van der Waals surface area contributed by atoms with Crippen molar-refractivity contribution in [3.05, 3.63) is 58.3 Å². The molecule has 20 heavy (non-hydrogen) atoms. The average molecular weight is 289 g/mol. The van der Waals surface area contributed by atoms with Gasteiger partial charge in [0.25, 0.3) is 5.91 Å². The van der Waals surface area contributed by atoms with Gasteiger partial charge in [-0.15, -0.1) is 11.3 Å². The molecular weight excluding hydrogens is 270 g/mol. The van der Waals surface area contributed by atoms with Gasteiger partial charge < -0.3 is 9.47 Å². The highest BCUT2D eigenvalue weighted by Crippen LogP contribution is 2.37. The maximum atomic E-state index is 6.18. The highest BCUT2D eigenvalue weighted by Gasteiger charge is 2.47. The van der Waals surface area contributed by atoms with E-state index in [4.69, 9.17) is 9.47 Å². The summed E-state index contributed by atoms with van der Waals surface area (Å²) in [6.07, 6.45) is 0. The highest BCUT2D eigenvalue weighted by atomic mass is 32.1. The van der Waals surface area contributed by atoms with E-state index in [0.717, 1.165) is 17.0 Å². The van der Waals surface area contributed by atoms with Crippen LogP contribution in [0.15, 0.2) is 47.8 Å². The molecule has 1 aromatic carbocycles. The van der Waals surface area contributed by atoms with Crippen molar-refractivity contribution >= 4 is 11.3 Å². The molecule has 0 radical (unpaired) electrons. The Morgan fingerprint density at radius 2 is 2.00 bits per heavy atom. The Morgan fingerprint density at radius 1 is 1.20 bits per heavy atom. The maximum Gasteiger partial charge on any atom is 0.266 e. The number of hydrogen-bond donors (Lipinski definition) is 1. The van der Waals surface area contributed by atoms with Gasteiger partial charge in [-0.2, -0.15) is 0 Å². The molecule has 0 bridgehead atoms. The first-order valence-electron chi connectivity index (χ1n) is 6.77. The molecule has 1 fully saturated rings. The van der Waals surface area contributed by atoms with Crippen molar-refractivity contribution in [3.8, 4) is 0 Å². The Labute approximate surface area is 123 Å². The van der Waals surface area contributed by atoms with E-state index in [0.29, 0.717) is 6.61 Å². The van der Waals surface area contributed by atoms with Crippen molar-refractivity contribution in [2.24, 2.45) is 0 Å². The van der Waals surface area contributed by atoms with Gasteiger partial charge in [0.15, 0.2) is 0 Å². The first kappa shape index (κ1) is 13.8. The van der Waals surface area contributed by atoms with Crippen LogP contribution in [-0.2, 0) is 22.0 Å². The van der Waals surface area contributed by atoms with E-state index < -0.39 is 5.91 Å². The van der Waals surface area contributed by atoms with Crippen LogP contribution < -0.4 is 5.32 Å². The Kier molecular flexibility index (Phi) is 3.65. The van der Waals surface area contributed by atoms with Crippen LogP contribution in [0.1, 0.15) is 24.3 Å². The van der Waals surface area contributed by atoms with Gasteiger partial charge in [0.1, 0.15) is 0 Å². The molecular formula is C16H19NO2S. The fraction of sp³-hybridized carbons (Fsp3) is 0.375. The molecule has 1 saturated heterocycles. The van der Waals surface area contributed by atoms with Gasteiger partial charge in [0, 0.05) is 6.54 Å². The van der Waals surface area contributed by atoms with Crippen LogP contribution in [0, 0.1) is 0 Å². The lowest BCUT2D eigenvalue weighted by molar-refractivity contribution is -0.268. The summed E-state index contributed by atoms with van der Waals surface area (Å²) in [7, 11) is 0. The third-order valence-electron chi connectivity index (χ3n) is 3.30. The molecule has 0 saturated carbocycles. The molecule has 2 aromatic rings. The largest absolute Gasteiger partial charge is 0.328 e. The van der Waals surface area contributed by atoms with Crippen LogP contribution in [0.3, 0.4) is 0 Å². The first-order chi connectivity index (χ1) is 9.60. The number of rotatable bonds is 4. The van der Waals surface area contributed by atoms with Crippen molar-refractivity contribution in [2.45, 2.75) is 32.0 Å². The second-order valence-electron chi connectivity index (χ2n) is 5.58. The zero-order valence-electron chi connectivity index (χ0n) is 11.8. The number of nitrogens with one attached hydrogen (secondary N) is 1. The molecule has 2 heterocycles. The smallest absolute Gasteiger partial charge is 0.266 e. The van der Waals surface area contributed by atoms with Gasteiger partial charge in [-0.1, -0.05) is 36.4 Å². The SMILES string of the molecule is CC1(C)CNC(OCc2ccccc2)(c2cccs2)O1. The van der Waals surface area contributed by atoms with Crippen molar-refractivity contribution in [2.75, 3.05) is 6.54 Å². The molecule has 0 spiro atoms. The minimum atomic E-state index is -0.826. The van der Waals surface area contributed by atoms with E-state index in [-0.39, 0.29) is 5.60 Å².